The second-order valence-corrected chi connectivity index (χ2v) is 10.1. The van der Waals surface area contributed by atoms with E-state index in [4.69, 9.17) is 0 Å². The highest BCUT2D eigenvalue weighted by atomic mass is 16.5. The summed E-state index contributed by atoms with van der Waals surface area (Å²) in [6, 6.07) is 0. The van der Waals surface area contributed by atoms with Crippen LogP contribution < -0.4 is 15.4 Å². The van der Waals surface area contributed by atoms with Crippen LogP contribution in [-0.4, -0.2) is 54.4 Å². The van der Waals surface area contributed by atoms with E-state index in [0.717, 1.165) is 64.5 Å². The molecule has 0 atom stereocenters. The lowest BCUT2D eigenvalue weighted by molar-refractivity contribution is -0.613. The summed E-state index contributed by atoms with van der Waals surface area (Å²) < 4.78 is 0.637. The second kappa shape index (κ2) is 25.9. The molecular formula is C35H53N5O3. The van der Waals surface area contributed by atoms with E-state index < -0.39 is 0 Å². The number of allylic oxidation sites excluding steroid dienone is 12. The van der Waals surface area contributed by atoms with Gasteiger partial charge in [-0.3, -0.25) is 9.59 Å². The van der Waals surface area contributed by atoms with Gasteiger partial charge in [-0.25, -0.2) is 4.98 Å². The van der Waals surface area contributed by atoms with E-state index in [1.807, 2.05) is 0 Å². The van der Waals surface area contributed by atoms with E-state index in [1.54, 1.807) is 6.92 Å². The largest absolute Gasteiger partial charge is 0.618 e. The Balaban J connectivity index is 2.03. The van der Waals surface area contributed by atoms with E-state index >= 15 is 0 Å². The molecule has 0 aliphatic rings. The number of rotatable bonds is 23. The number of aryl methyl sites for hydroxylation is 1. The van der Waals surface area contributed by atoms with Crippen molar-refractivity contribution in [2.75, 3.05) is 32.7 Å². The molecule has 0 unspecified atom stereocenters. The molecule has 1 aromatic heterocycles. The predicted octanol–water partition coefficient (Wildman–Crippen LogP) is 6.06. The molecule has 2 amide bonds. The van der Waals surface area contributed by atoms with E-state index in [-0.39, 0.29) is 17.5 Å². The molecule has 43 heavy (non-hydrogen) atoms. The minimum Gasteiger partial charge on any atom is -0.618 e. The van der Waals surface area contributed by atoms with E-state index in [0.29, 0.717) is 36.5 Å². The number of hydrogen-bond acceptors (Lipinski definition) is 5. The second-order valence-electron chi connectivity index (χ2n) is 10.1. The Morgan fingerprint density at radius 2 is 1.37 bits per heavy atom. The standard InChI is InChI=1S/C35H53N5O3/c1-4-6-7-8-9-10-11-12-13-14-15-16-17-18-19-20-21-22-23-25-34(41)36-26-24-28-39(5-2)29-27-37-35(42)33-31-40(43)32(3)30-38-33/h6-7,9-10,12-13,15-16,18-19,21-22,30-31H,4-5,8,11,14,17,20,23-29H2,1-3H3,(H,36,41)(H,37,42). The van der Waals surface area contributed by atoms with Crippen LogP contribution in [0.25, 0.3) is 0 Å². The summed E-state index contributed by atoms with van der Waals surface area (Å²) >= 11 is 0. The zero-order chi connectivity index (χ0) is 31.4. The van der Waals surface area contributed by atoms with Gasteiger partial charge in [0.05, 0.1) is 6.20 Å². The van der Waals surface area contributed by atoms with Crippen LogP contribution in [0.2, 0.25) is 0 Å². The van der Waals surface area contributed by atoms with Gasteiger partial charge in [0.1, 0.15) is 0 Å². The Hall–Kier alpha value is -3.78. The van der Waals surface area contributed by atoms with E-state index in [1.165, 1.54) is 12.4 Å². The van der Waals surface area contributed by atoms with Crippen LogP contribution in [0.4, 0.5) is 0 Å². The third-order valence-corrected chi connectivity index (χ3v) is 6.48. The zero-order valence-corrected chi connectivity index (χ0v) is 26.5. The fraction of sp³-hybridized carbons (Fsp3) is 0.486. The van der Waals surface area contributed by atoms with Gasteiger partial charge < -0.3 is 20.7 Å². The monoisotopic (exact) mass is 591 g/mol. The van der Waals surface area contributed by atoms with Crippen LogP contribution in [0.5, 0.6) is 0 Å². The van der Waals surface area contributed by atoms with Gasteiger partial charge >= 0.3 is 0 Å². The predicted molar refractivity (Wildman–Crippen MR) is 177 cm³/mol. The Morgan fingerprint density at radius 3 is 1.91 bits per heavy atom. The molecule has 0 spiro atoms. The Kier molecular flexibility index (Phi) is 22.4. The minimum absolute atomic E-state index is 0.0658. The van der Waals surface area contributed by atoms with Crippen molar-refractivity contribution >= 4 is 11.8 Å². The van der Waals surface area contributed by atoms with Crippen molar-refractivity contribution in [3.63, 3.8) is 0 Å². The molecule has 8 nitrogen and oxygen atoms in total. The number of carbonyl (C=O) groups excluding carboxylic acids is 2. The number of nitrogens with zero attached hydrogens (tertiary/aromatic N) is 3. The molecule has 0 saturated carbocycles. The topological polar surface area (TPSA) is 101 Å². The average Bonchev–Trinajstić information content (AvgIpc) is 3.00. The summed E-state index contributed by atoms with van der Waals surface area (Å²) in [6.45, 7) is 9.28. The highest BCUT2D eigenvalue weighted by molar-refractivity contribution is 5.91. The molecule has 0 fully saturated rings. The molecular weight excluding hydrogens is 538 g/mol. The van der Waals surface area contributed by atoms with Crippen LogP contribution in [0.15, 0.2) is 85.3 Å². The first-order valence-corrected chi connectivity index (χ1v) is 15.7. The maximum absolute atomic E-state index is 12.2. The van der Waals surface area contributed by atoms with Crippen LogP contribution in [0, 0.1) is 12.1 Å². The van der Waals surface area contributed by atoms with Crippen molar-refractivity contribution < 1.29 is 14.3 Å². The molecule has 0 aliphatic heterocycles. The quantitative estimate of drug-likeness (QED) is 0.0697. The average molecular weight is 592 g/mol. The molecule has 1 rings (SSSR count). The van der Waals surface area contributed by atoms with Gasteiger partial charge in [0.2, 0.25) is 17.8 Å². The maximum atomic E-state index is 12.2. The Morgan fingerprint density at radius 1 is 0.814 bits per heavy atom. The van der Waals surface area contributed by atoms with Crippen molar-refractivity contribution in [3.8, 4) is 0 Å². The first-order chi connectivity index (χ1) is 21.0. The SMILES string of the molecule is CCC=CCC=CCC=CCC=CCC=CCC=CCCC(=O)NCCCN(CC)CCNC(=O)c1c[n+]([O-])c(C)cn1. The molecule has 8 heteroatoms. The highest BCUT2D eigenvalue weighted by Crippen LogP contribution is 1.99. The van der Waals surface area contributed by atoms with Gasteiger partial charge in [-0.05, 0) is 64.5 Å². The van der Waals surface area contributed by atoms with Gasteiger partial charge in [-0.2, -0.15) is 4.73 Å². The number of hydrogen-bond donors (Lipinski definition) is 2. The van der Waals surface area contributed by atoms with Gasteiger partial charge in [-0.15, -0.1) is 0 Å². The smallest absolute Gasteiger partial charge is 0.276 e. The maximum Gasteiger partial charge on any atom is 0.276 e. The third-order valence-electron chi connectivity index (χ3n) is 6.48. The van der Waals surface area contributed by atoms with Gasteiger partial charge in [0.15, 0.2) is 5.69 Å². The van der Waals surface area contributed by atoms with Crippen LogP contribution in [0.1, 0.15) is 87.8 Å². The number of likely N-dealkylation sites (N-methyl/N-ethyl adjacent to an activating group) is 1. The van der Waals surface area contributed by atoms with Crippen molar-refractivity contribution in [2.45, 2.75) is 78.6 Å². The van der Waals surface area contributed by atoms with Crippen molar-refractivity contribution in [1.82, 2.24) is 20.5 Å². The molecule has 236 valence electrons. The molecule has 0 radical (unpaired) electrons. The van der Waals surface area contributed by atoms with E-state index in [9.17, 15) is 14.8 Å². The molecule has 0 aliphatic carbocycles. The molecule has 0 aromatic carbocycles. The summed E-state index contributed by atoms with van der Waals surface area (Å²) in [7, 11) is 0. The third kappa shape index (κ3) is 20.7. The molecule has 1 heterocycles. The molecule has 0 saturated heterocycles. The summed E-state index contributed by atoms with van der Waals surface area (Å²) in [5.74, 6) is -0.295. The summed E-state index contributed by atoms with van der Waals surface area (Å²) in [5, 5.41) is 17.4. The summed E-state index contributed by atoms with van der Waals surface area (Å²) in [4.78, 5) is 30.5. The van der Waals surface area contributed by atoms with Gasteiger partial charge in [0.25, 0.3) is 5.91 Å². The van der Waals surface area contributed by atoms with Crippen LogP contribution in [-0.2, 0) is 4.79 Å². The van der Waals surface area contributed by atoms with Crippen LogP contribution >= 0.6 is 0 Å². The number of amides is 2. The first-order valence-electron chi connectivity index (χ1n) is 15.7. The summed E-state index contributed by atoms with van der Waals surface area (Å²) in [5.41, 5.74) is 0.546. The van der Waals surface area contributed by atoms with Gasteiger partial charge in [-0.1, -0.05) is 86.8 Å². The zero-order valence-electron chi connectivity index (χ0n) is 26.5. The Labute approximate surface area is 259 Å². The normalized spacial score (nSPS) is 12.4. The van der Waals surface area contributed by atoms with Crippen molar-refractivity contribution in [2.24, 2.45) is 0 Å². The summed E-state index contributed by atoms with van der Waals surface area (Å²) in [6.07, 6.45) is 36.6. The van der Waals surface area contributed by atoms with Crippen molar-refractivity contribution in [3.05, 3.63) is 102 Å². The van der Waals surface area contributed by atoms with E-state index in [2.05, 4.69) is 107 Å². The lowest BCUT2D eigenvalue weighted by Gasteiger charge is -2.20. The van der Waals surface area contributed by atoms with Crippen LogP contribution in [0.3, 0.4) is 0 Å². The molecule has 0 bridgehead atoms. The number of aromatic nitrogens is 2. The number of nitrogens with one attached hydrogen (secondary N) is 2. The van der Waals surface area contributed by atoms with Gasteiger partial charge in [0, 0.05) is 33.0 Å². The fourth-order valence-corrected chi connectivity index (χ4v) is 3.90. The van der Waals surface area contributed by atoms with Crippen molar-refractivity contribution in [1.29, 1.82) is 0 Å². The lowest BCUT2D eigenvalue weighted by atomic mass is 10.2. The first kappa shape index (κ1) is 37.2. The molecule has 1 aromatic rings. The highest BCUT2D eigenvalue weighted by Gasteiger charge is 2.12. The Bertz CT molecular complexity index is 1090. The molecule has 2 N–H and O–H groups in total. The minimum atomic E-state index is -0.361. The lowest BCUT2D eigenvalue weighted by Crippen LogP contribution is -2.38. The number of carbonyl (C=O) groups is 2. The fourth-order valence-electron chi connectivity index (χ4n) is 3.90.